The third kappa shape index (κ3) is 3.84. The maximum Gasteiger partial charge on any atom is 0.307 e. The molecule has 0 spiro atoms. The maximum atomic E-state index is 11.9. The molecule has 5 nitrogen and oxygen atoms in total. The lowest BCUT2D eigenvalue weighted by Gasteiger charge is -2.10. The minimum atomic E-state index is -3.87. The van der Waals surface area contributed by atoms with Crippen molar-refractivity contribution in [1.82, 2.24) is 4.72 Å². The van der Waals surface area contributed by atoms with Crippen LogP contribution < -0.4 is 4.72 Å². The number of benzene rings is 1. The molecule has 0 aromatic heterocycles. The van der Waals surface area contributed by atoms with Crippen LogP contribution in [0.15, 0.2) is 23.1 Å². The smallest absolute Gasteiger partial charge is 0.307 e. The number of carbonyl (C=O) groups is 1. The lowest BCUT2D eigenvalue weighted by Crippen LogP contribution is -2.31. The summed E-state index contributed by atoms with van der Waals surface area (Å²) in [5.41, 5.74) is 0. The fraction of sp³-hybridized carbons (Fsp3) is 0.300. The van der Waals surface area contributed by atoms with Crippen LogP contribution in [0.1, 0.15) is 6.92 Å². The number of hydrogen-bond donors (Lipinski definition) is 2. The predicted molar refractivity (Wildman–Crippen MR) is 68.5 cm³/mol. The highest BCUT2D eigenvalue weighted by molar-refractivity contribution is 7.89. The van der Waals surface area contributed by atoms with E-state index >= 15 is 0 Å². The summed E-state index contributed by atoms with van der Waals surface area (Å²) in [6.07, 6.45) is 0. The Balaban J connectivity index is 2.93. The lowest BCUT2D eigenvalue weighted by atomic mass is 10.2. The van der Waals surface area contributed by atoms with Crippen molar-refractivity contribution in [3.63, 3.8) is 0 Å². The van der Waals surface area contributed by atoms with E-state index in [0.717, 1.165) is 0 Å². The molecule has 0 aliphatic carbocycles. The molecule has 0 heterocycles. The first-order valence-corrected chi connectivity index (χ1v) is 7.15. The van der Waals surface area contributed by atoms with E-state index in [1.54, 1.807) is 0 Å². The summed E-state index contributed by atoms with van der Waals surface area (Å²) in [6.45, 7) is 1.17. The number of hydrogen-bond acceptors (Lipinski definition) is 3. The number of aliphatic carboxylic acids is 1. The van der Waals surface area contributed by atoms with Crippen LogP contribution in [-0.2, 0) is 14.8 Å². The normalized spacial score (nSPS) is 13.3. The van der Waals surface area contributed by atoms with Gasteiger partial charge in [0.1, 0.15) is 4.90 Å². The highest BCUT2D eigenvalue weighted by Crippen LogP contribution is 2.24. The summed E-state index contributed by atoms with van der Waals surface area (Å²) in [5, 5.41) is 8.92. The molecule has 18 heavy (non-hydrogen) atoms. The zero-order chi connectivity index (χ0) is 13.9. The van der Waals surface area contributed by atoms with Crippen molar-refractivity contribution in [2.45, 2.75) is 11.8 Å². The Morgan fingerprint density at radius 2 is 2.06 bits per heavy atom. The quantitative estimate of drug-likeness (QED) is 0.871. The topological polar surface area (TPSA) is 83.5 Å². The monoisotopic (exact) mass is 311 g/mol. The SMILES string of the molecule is CC(CNS(=O)(=O)c1cc(Cl)ccc1Cl)C(=O)O. The van der Waals surface area contributed by atoms with E-state index in [0.29, 0.717) is 0 Å². The Kier molecular flexibility index (Phi) is 4.98. The van der Waals surface area contributed by atoms with Crippen molar-refractivity contribution in [2.75, 3.05) is 6.54 Å². The van der Waals surface area contributed by atoms with Crippen molar-refractivity contribution >= 4 is 39.2 Å². The molecule has 1 atom stereocenters. The van der Waals surface area contributed by atoms with Crippen molar-refractivity contribution in [2.24, 2.45) is 5.92 Å². The van der Waals surface area contributed by atoms with Gasteiger partial charge in [0.25, 0.3) is 0 Å². The first-order chi connectivity index (χ1) is 8.24. The van der Waals surface area contributed by atoms with Gasteiger partial charge in [-0.05, 0) is 18.2 Å². The highest BCUT2D eigenvalue weighted by atomic mass is 35.5. The summed E-state index contributed by atoms with van der Waals surface area (Å²) < 4.78 is 25.9. The molecule has 8 heteroatoms. The van der Waals surface area contributed by atoms with Gasteiger partial charge in [-0.2, -0.15) is 0 Å². The number of carboxylic acids is 1. The van der Waals surface area contributed by atoms with Crippen LogP contribution in [0, 0.1) is 5.92 Å². The van der Waals surface area contributed by atoms with Gasteiger partial charge in [-0.25, -0.2) is 13.1 Å². The Morgan fingerprint density at radius 3 is 2.61 bits per heavy atom. The van der Waals surface area contributed by atoms with Gasteiger partial charge in [0.15, 0.2) is 0 Å². The minimum absolute atomic E-state index is 0.0230. The van der Waals surface area contributed by atoms with Crippen LogP contribution in [0.25, 0.3) is 0 Å². The summed E-state index contributed by atoms with van der Waals surface area (Å²) in [6, 6.07) is 4.03. The van der Waals surface area contributed by atoms with E-state index in [-0.39, 0.29) is 21.5 Å². The number of sulfonamides is 1. The van der Waals surface area contributed by atoms with Gasteiger partial charge < -0.3 is 5.11 Å². The average Bonchev–Trinajstić information content (AvgIpc) is 2.29. The van der Waals surface area contributed by atoms with E-state index in [2.05, 4.69) is 4.72 Å². The van der Waals surface area contributed by atoms with Crippen LogP contribution in [0.4, 0.5) is 0 Å². The molecular formula is C10H11Cl2NO4S. The van der Waals surface area contributed by atoms with Gasteiger partial charge in [0, 0.05) is 11.6 Å². The summed E-state index contributed by atoms with van der Waals surface area (Å²) >= 11 is 11.5. The number of halogens is 2. The fourth-order valence-electron chi connectivity index (χ4n) is 1.08. The van der Waals surface area contributed by atoms with Crippen molar-refractivity contribution in [3.8, 4) is 0 Å². The highest BCUT2D eigenvalue weighted by Gasteiger charge is 2.20. The van der Waals surface area contributed by atoms with Crippen molar-refractivity contribution < 1.29 is 18.3 Å². The van der Waals surface area contributed by atoms with Gasteiger partial charge in [0.05, 0.1) is 10.9 Å². The van der Waals surface area contributed by atoms with Gasteiger partial charge in [-0.1, -0.05) is 30.1 Å². The van der Waals surface area contributed by atoms with Crippen LogP contribution in [-0.4, -0.2) is 26.0 Å². The third-order valence-electron chi connectivity index (χ3n) is 2.18. The van der Waals surface area contributed by atoms with E-state index in [4.69, 9.17) is 28.3 Å². The molecule has 2 N–H and O–H groups in total. The molecule has 1 unspecified atom stereocenters. The zero-order valence-electron chi connectivity index (χ0n) is 9.35. The number of carboxylic acid groups (broad SMARTS) is 1. The Hall–Kier alpha value is -0.820. The Morgan fingerprint density at radius 1 is 1.44 bits per heavy atom. The zero-order valence-corrected chi connectivity index (χ0v) is 11.7. The molecule has 0 aliphatic rings. The number of rotatable bonds is 5. The molecular weight excluding hydrogens is 301 g/mol. The largest absolute Gasteiger partial charge is 0.481 e. The molecule has 0 bridgehead atoms. The van der Waals surface area contributed by atoms with Crippen LogP contribution in [0.5, 0.6) is 0 Å². The third-order valence-corrected chi connectivity index (χ3v) is 4.32. The first-order valence-electron chi connectivity index (χ1n) is 4.91. The second kappa shape index (κ2) is 5.88. The maximum absolute atomic E-state index is 11.9. The molecule has 1 aromatic rings. The Bertz CT molecular complexity index is 559. The van der Waals surface area contributed by atoms with Gasteiger partial charge in [0.2, 0.25) is 10.0 Å². The van der Waals surface area contributed by atoms with Crippen LogP contribution in [0.2, 0.25) is 10.0 Å². The standard InChI is InChI=1S/C10H11Cl2NO4S/c1-6(10(14)15)5-13-18(16,17)9-4-7(11)2-3-8(9)12/h2-4,6,13H,5H2,1H3,(H,14,15). The van der Waals surface area contributed by atoms with E-state index in [1.165, 1.54) is 25.1 Å². The molecule has 0 amide bonds. The molecule has 1 aromatic carbocycles. The average molecular weight is 312 g/mol. The summed E-state index contributed by atoms with van der Waals surface area (Å²) in [7, 11) is -3.87. The van der Waals surface area contributed by atoms with Crippen LogP contribution >= 0.6 is 23.2 Å². The van der Waals surface area contributed by atoms with Crippen molar-refractivity contribution in [1.29, 1.82) is 0 Å². The Labute approximate surface area is 115 Å². The van der Waals surface area contributed by atoms with E-state index in [9.17, 15) is 13.2 Å². The lowest BCUT2D eigenvalue weighted by molar-refractivity contribution is -0.140. The molecule has 1 rings (SSSR count). The molecule has 0 radical (unpaired) electrons. The molecule has 0 saturated heterocycles. The second-order valence-corrected chi connectivity index (χ2v) is 6.24. The predicted octanol–water partition coefficient (Wildman–Crippen LogP) is 1.99. The molecule has 0 aliphatic heterocycles. The van der Waals surface area contributed by atoms with Crippen molar-refractivity contribution in [3.05, 3.63) is 28.2 Å². The summed E-state index contributed by atoms with van der Waals surface area (Å²) in [5.74, 6) is -1.92. The van der Waals surface area contributed by atoms with Gasteiger partial charge >= 0.3 is 5.97 Å². The fourth-order valence-corrected chi connectivity index (χ4v) is 2.97. The minimum Gasteiger partial charge on any atom is -0.481 e. The number of nitrogens with one attached hydrogen (secondary N) is 1. The second-order valence-electron chi connectivity index (χ2n) is 3.67. The van der Waals surface area contributed by atoms with Crippen LogP contribution in [0.3, 0.4) is 0 Å². The molecule has 0 fully saturated rings. The molecule has 0 saturated carbocycles. The first kappa shape index (κ1) is 15.2. The van der Waals surface area contributed by atoms with E-state index in [1.807, 2.05) is 0 Å². The van der Waals surface area contributed by atoms with Gasteiger partial charge in [-0.3, -0.25) is 4.79 Å². The van der Waals surface area contributed by atoms with Gasteiger partial charge in [-0.15, -0.1) is 0 Å². The summed E-state index contributed by atoms with van der Waals surface area (Å²) in [4.78, 5) is 10.4. The molecule has 100 valence electrons. The van der Waals surface area contributed by atoms with E-state index < -0.39 is 21.9 Å².